The maximum absolute atomic E-state index is 14.0. The summed E-state index contributed by atoms with van der Waals surface area (Å²) in [4.78, 5) is 0. The first-order chi connectivity index (χ1) is 8.99. The van der Waals surface area contributed by atoms with Crippen LogP contribution in [0.2, 0.25) is 0 Å². The van der Waals surface area contributed by atoms with Crippen LogP contribution in [0.1, 0.15) is 30.0 Å². The fourth-order valence-electron chi connectivity index (χ4n) is 2.42. The lowest BCUT2D eigenvalue weighted by Gasteiger charge is -2.31. The molecule has 0 fully saturated rings. The maximum Gasteiger partial charge on any atom is 0.128 e. The molecule has 0 spiro atoms. The van der Waals surface area contributed by atoms with Gasteiger partial charge >= 0.3 is 0 Å². The molecule has 19 heavy (non-hydrogen) atoms. The summed E-state index contributed by atoms with van der Waals surface area (Å²) in [6.45, 7) is 3.73. The number of aryl methyl sites for hydroxylation is 1. The number of rotatable bonds is 3. The Morgan fingerprint density at radius 1 is 1.05 bits per heavy atom. The predicted octanol–water partition coefficient (Wildman–Crippen LogP) is 3.89. The second-order valence-corrected chi connectivity index (χ2v) is 4.76. The third kappa shape index (κ3) is 2.38. The van der Waals surface area contributed by atoms with E-state index in [0.717, 1.165) is 5.56 Å². The first-order valence-corrected chi connectivity index (χ1v) is 6.29. The van der Waals surface area contributed by atoms with Crippen LogP contribution in [0.15, 0.2) is 42.5 Å². The highest BCUT2D eigenvalue weighted by molar-refractivity contribution is 5.42. The van der Waals surface area contributed by atoms with Gasteiger partial charge in [-0.25, -0.2) is 8.78 Å². The van der Waals surface area contributed by atoms with Crippen LogP contribution in [0.3, 0.4) is 0 Å². The lowest BCUT2D eigenvalue weighted by Crippen LogP contribution is -2.39. The monoisotopic (exact) mass is 261 g/mol. The molecule has 1 unspecified atom stereocenters. The topological polar surface area (TPSA) is 26.0 Å². The number of hydrogen-bond donors (Lipinski definition) is 1. The van der Waals surface area contributed by atoms with Gasteiger partial charge in [-0.3, -0.25) is 0 Å². The molecule has 2 N–H and O–H groups in total. The predicted molar refractivity (Wildman–Crippen MR) is 72.8 cm³/mol. The van der Waals surface area contributed by atoms with E-state index in [2.05, 4.69) is 0 Å². The molecule has 0 aliphatic heterocycles. The van der Waals surface area contributed by atoms with Gasteiger partial charge in [-0.2, -0.15) is 0 Å². The van der Waals surface area contributed by atoms with Gasteiger partial charge < -0.3 is 5.73 Å². The molecule has 2 rings (SSSR count). The minimum absolute atomic E-state index is 0.361. The van der Waals surface area contributed by atoms with Crippen molar-refractivity contribution in [1.82, 2.24) is 0 Å². The van der Waals surface area contributed by atoms with Gasteiger partial charge in [0.25, 0.3) is 0 Å². The number of benzene rings is 2. The molecule has 0 aromatic heterocycles. The van der Waals surface area contributed by atoms with Crippen LogP contribution in [-0.4, -0.2) is 0 Å². The highest BCUT2D eigenvalue weighted by Crippen LogP contribution is 2.34. The van der Waals surface area contributed by atoms with Crippen molar-refractivity contribution < 1.29 is 8.78 Å². The van der Waals surface area contributed by atoms with Crippen LogP contribution >= 0.6 is 0 Å². The molecule has 0 saturated heterocycles. The summed E-state index contributed by atoms with van der Waals surface area (Å²) in [6, 6.07) is 10.8. The third-order valence-electron chi connectivity index (χ3n) is 3.59. The van der Waals surface area contributed by atoms with Gasteiger partial charge in [-0.1, -0.05) is 31.2 Å². The van der Waals surface area contributed by atoms with E-state index in [1.165, 1.54) is 18.2 Å². The molecular weight excluding hydrogens is 244 g/mol. The van der Waals surface area contributed by atoms with Crippen molar-refractivity contribution in [2.45, 2.75) is 25.8 Å². The van der Waals surface area contributed by atoms with E-state index in [-0.39, 0.29) is 11.6 Å². The summed E-state index contributed by atoms with van der Waals surface area (Å²) < 4.78 is 27.5. The zero-order valence-corrected chi connectivity index (χ0v) is 11.1. The molecule has 2 aromatic rings. The fraction of sp³-hybridized carbons (Fsp3) is 0.250. The third-order valence-corrected chi connectivity index (χ3v) is 3.59. The van der Waals surface area contributed by atoms with Crippen molar-refractivity contribution in [2.75, 3.05) is 0 Å². The smallest absolute Gasteiger partial charge is 0.128 e. The van der Waals surface area contributed by atoms with Gasteiger partial charge in [0.2, 0.25) is 0 Å². The van der Waals surface area contributed by atoms with Crippen LogP contribution in [0, 0.1) is 18.6 Å². The van der Waals surface area contributed by atoms with Crippen molar-refractivity contribution >= 4 is 0 Å². The van der Waals surface area contributed by atoms with Gasteiger partial charge in [0, 0.05) is 5.56 Å². The molecule has 100 valence electrons. The van der Waals surface area contributed by atoms with Gasteiger partial charge in [-0.05, 0) is 42.7 Å². The molecule has 0 heterocycles. The largest absolute Gasteiger partial charge is 0.318 e. The molecule has 1 atom stereocenters. The summed E-state index contributed by atoms with van der Waals surface area (Å²) in [6.07, 6.45) is 0.484. The molecule has 3 heteroatoms. The molecule has 0 aliphatic rings. The van der Waals surface area contributed by atoms with Crippen molar-refractivity contribution in [3.63, 3.8) is 0 Å². The Balaban J connectivity index is 2.66. The van der Waals surface area contributed by atoms with E-state index in [1.807, 2.05) is 13.8 Å². The van der Waals surface area contributed by atoms with Gasteiger partial charge in [0.1, 0.15) is 11.6 Å². The molecule has 2 aromatic carbocycles. The summed E-state index contributed by atoms with van der Waals surface area (Å²) in [5.41, 5.74) is 7.26. The van der Waals surface area contributed by atoms with Crippen molar-refractivity contribution in [1.29, 1.82) is 0 Å². The Labute approximate surface area is 112 Å². The standard InChI is InChI=1S/C16H17F2N/c1-3-16(19,13-6-4-5-7-15(13)18)14-10-12(17)9-8-11(14)2/h4-10H,3,19H2,1-2H3. The summed E-state index contributed by atoms with van der Waals surface area (Å²) >= 11 is 0. The second kappa shape index (κ2) is 5.10. The molecule has 0 amide bonds. The number of nitrogens with two attached hydrogens (primary N) is 1. The number of halogens is 2. The normalized spacial score (nSPS) is 14.2. The Morgan fingerprint density at radius 2 is 1.74 bits per heavy atom. The van der Waals surface area contributed by atoms with Crippen LogP contribution < -0.4 is 5.73 Å². The first-order valence-electron chi connectivity index (χ1n) is 6.29. The van der Waals surface area contributed by atoms with Crippen LogP contribution in [0.4, 0.5) is 8.78 Å². The summed E-state index contributed by atoms with van der Waals surface area (Å²) in [5, 5.41) is 0. The van der Waals surface area contributed by atoms with E-state index in [4.69, 9.17) is 5.73 Å². The quantitative estimate of drug-likeness (QED) is 0.891. The zero-order chi connectivity index (χ0) is 14.0. The highest BCUT2D eigenvalue weighted by atomic mass is 19.1. The highest BCUT2D eigenvalue weighted by Gasteiger charge is 2.31. The average Bonchev–Trinajstić information content (AvgIpc) is 2.41. The molecule has 0 radical (unpaired) electrons. The maximum atomic E-state index is 14.0. The van der Waals surface area contributed by atoms with E-state index < -0.39 is 5.54 Å². The fourth-order valence-corrected chi connectivity index (χ4v) is 2.42. The van der Waals surface area contributed by atoms with E-state index in [9.17, 15) is 8.78 Å². The van der Waals surface area contributed by atoms with E-state index in [0.29, 0.717) is 17.5 Å². The Hall–Kier alpha value is -1.74. The van der Waals surface area contributed by atoms with Crippen molar-refractivity contribution in [3.8, 4) is 0 Å². The molecular formula is C16H17F2N. The van der Waals surface area contributed by atoms with Crippen LogP contribution in [0.5, 0.6) is 0 Å². The van der Waals surface area contributed by atoms with E-state index >= 15 is 0 Å². The second-order valence-electron chi connectivity index (χ2n) is 4.76. The van der Waals surface area contributed by atoms with Crippen LogP contribution in [-0.2, 0) is 5.54 Å². The Kier molecular flexibility index (Phi) is 3.67. The Morgan fingerprint density at radius 3 is 2.37 bits per heavy atom. The Bertz CT molecular complexity index is 595. The van der Waals surface area contributed by atoms with Crippen LogP contribution in [0.25, 0.3) is 0 Å². The number of hydrogen-bond acceptors (Lipinski definition) is 1. The minimum atomic E-state index is -1.02. The van der Waals surface area contributed by atoms with Crippen molar-refractivity contribution in [3.05, 3.63) is 70.8 Å². The van der Waals surface area contributed by atoms with Gasteiger partial charge in [0.15, 0.2) is 0 Å². The van der Waals surface area contributed by atoms with Gasteiger partial charge in [-0.15, -0.1) is 0 Å². The van der Waals surface area contributed by atoms with Crippen molar-refractivity contribution in [2.24, 2.45) is 5.73 Å². The molecule has 0 saturated carbocycles. The molecule has 0 aliphatic carbocycles. The molecule has 1 nitrogen and oxygen atoms in total. The SMILES string of the molecule is CCC(N)(c1cc(F)ccc1C)c1ccccc1F. The lowest BCUT2D eigenvalue weighted by atomic mass is 9.79. The summed E-state index contributed by atoms with van der Waals surface area (Å²) in [5.74, 6) is -0.726. The first kappa shape index (κ1) is 13.7. The lowest BCUT2D eigenvalue weighted by molar-refractivity contribution is 0.474. The zero-order valence-electron chi connectivity index (χ0n) is 11.1. The average molecular weight is 261 g/mol. The minimum Gasteiger partial charge on any atom is -0.318 e. The molecule has 0 bridgehead atoms. The van der Waals surface area contributed by atoms with E-state index in [1.54, 1.807) is 24.3 Å². The summed E-state index contributed by atoms with van der Waals surface area (Å²) in [7, 11) is 0. The van der Waals surface area contributed by atoms with Gasteiger partial charge in [0.05, 0.1) is 5.54 Å².